The Morgan fingerprint density at radius 1 is 1.32 bits per heavy atom. The van der Waals surface area contributed by atoms with Gasteiger partial charge in [0.2, 0.25) is 0 Å². The van der Waals surface area contributed by atoms with Crippen molar-refractivity contribution in [3.63, 3.8) is 0 Å². The second-order valence-electron chi connectivity index (χ2n) is 4.84. The molecule has 0 saturated carbocycles. The number of nitrogens with one attached hydrogen (secondary N) is 1. The lowest BCUT2D eigenvalue weighted by atomic mass is 10.1. The highest BCUT2D eigenvalue weighted by atomic mass is 32.1. The number of benzene rings is 1. The minimum absolute atomic E-state index is 0.267. The third-order valence-corrected chi connectivity index (χ3v) is 3.87. The van der Waals surface area contributed by atoms with Gasteiger partial charge in [-0.3, -0.25) is 0 Å². The number of hydrogen-bond acceptors (Lipinski definition) is 4. The van der Waals surface area contributed by atoms with Crippen molar-refractivity contribution in [2.75, 3.05) is 19.0 Å². The van der Waals surface area contributed by atoms with E-state index in [0.717, 1.165) is 10.8 Å². The predicted molar refractivity (Wildman–Crippen MR) is 82.0 cm³/mol. The zero-order valence-electron chi connectivity index (χ0n) is 11.9. The second-order valence-corrected chi connectivity index (χ2v) is 5.70. The van der Waals surface area contributed by atoms with Crippen LogP contribution < -0.4 is 5.32 Å². The quantitative estimate of drug-likeness (QED) is 0.900. The van der Waals surface area contributed by atoms with Crippen molar-refractivity contribution in [3.8, 4) is 11.3 Å². The number of ether oxygens (including phenoxy) is 1. The zero-order valence-corrected chi connectivity index (χ0v) is 12.7. The van der Waals surface area contributed by atoms with E-state index in [1.165, 1.54) is 16.7 Å². The van der Waals surface area contributed by atoms with E-state index in [9.17, 15) is 0 Å². The molecule has 0 fully saturated rings. The molecular weight excluding hydrogens is 256 g/mol. The van der Waals surface area contributed by atoms with Crippen LogP contribution in [0.3, 0.4) is 0 Å². The third-order valence-electron chi connectivity index (χ3n) is 3.09. The summed E-state index contributed by atoms with van der Waals surface area (Å²) < 4.78 is 5.11. The van der Waals surface area contributed by atoms with Crippen LogP contribution in [-0.4, -0.2) is 24.7 Å². The molecule has 0 unspecified atom stereocenters. The number of aromatic nitrogens is 1. The van der Waals surface area contributed by atoms with Gasteiger partial charge in [0.15, 0.2) is 5.13 Å². The smallest absolute Gasteiger partial charge is 0.183 e. The van der Waals surface area contributed by atoms with Crippen LogP contribution in [0, 0.1) is 13.8 Å². The Morgan fingerprint density at radius 2 is 2.11 bits per heavy atom. The SMILES string of the molecule is COC[C@@H](C)Nc1nc(-c2ccc(C)c(C)c2)cs1. The lowest BCUT2D eigenvalue weighted by Crippen LogP contribution is -2.20. The lowest BCUT2D eigenvalue weighted by molar-refractivity contribution is 0.190. The molecule has 0 aliphatic heterocycles. The van der Waals surface area contributed by atoms with Crippen LogP contribution in [0.25, 0.3) is 11.3 Å². The molecule has 0 aliphatic carbocycles. The zero-order chi connectivity index (χ0) is 13.8. The van der Waals surface area contributed by atoms with E-state index in [-0.39, 0.29) is 6.04 Å². The number of nitrogens with zero attached hydrogens (tertiary/aromatic N) is 1. The van der Waals surface area contributed by atoms with Gasteiger partial charge in [-0.1, -0.05) is 12.1 Å². The average Bonchev–Trinajstić information content (AvgIpc) is 2.81. The van der Waals surface area contributed by atoms with E-state index in [1.807, 2.05) is 0 Å². The van der Waals surface area contributed by atoms with Crippen LogP contribution in [0.1, 0.15) is 18.1 Å². The van der Waals surface area contributed by atoms with E-state index in [4.69, 9.17) is 4.74 Å². The molecule has 2 aromatic rings. The maximum Gasteiger partial charge on any atom is 0.183 e. The van der Waals surface area contributed by atoms with Crippen LogP contribution >= 0.6 is 11.3 Å². The molecule has 0 saturated heterocycles. The molecule has 2 rings (SSSR count). The van der Waals surface area contributed by atoms with Gasteiger partial charge in [0.1, 0.15) is 0 Å². The van der Waals surface area contributed by atoms with E-state index < -0.39 is 0 Å². The highest BCUT2D eigenvalue weighted by Gasteiger charge is 2.08. The van der Waals surface area contributed by atoms with Gasteiger partial charge in [-0.25, -0.2) is 4.98 Å². The first-order valence-electron chi connectivity index (χ1n) is 6.38. The van der Waals surface area contributed by atoms with Crippen molar-refractivity contribution in [2.45, 2.75) is 26.8 Å². The van der Waals surface area contributed by atoms with E-state index >= 15 is 0 Å². The van der Waals surface area contributed by atoms with Gasteiger partial charge in [0, 0.05) is 24.1 Å². The van der Waals surface area contributed by atoms with Crippen LogP contribution in [0.5, 0.6) is 0 Å². The normalized spacial score (nSPS) is 12.4. The Balaban J connectivity index is 2.14. The summed E-state index contributed by atoms with van der Waals surface area (Å²) in [6, 6.07) is 6.72. The van der Waals surface area contributed by atoms with Crippen molar-refractivity contribution in [3.05, 3.63) is 34.7 Å². The number of rotatable bonds is 5. The summed E-state index contributed by atoms with van der Waals surface area (Å²) in [5.74, 6) is 0. The summed E-state index contributed by atoms with van der Waals surface area (Å²) in [4.78, 5) is 4.63. The second kappa shape index (κ2) is 6.17. The Kier molecular flexibility index (Phi) is 4.56. The van der Waals surface area contributed by atoms with Crippen LogP contribution in [0.15, 0.2) is 23.6 Å². The molecule has 0 radical (unpaired) electrons. The third kappa shape index (κ3) is 3.55. The van der Waals surface area contributed by atoms with Crippen molar-refractivity contribution >= 4 is 16.5 Å². The summed E-state index contributed by atoms with van der Waals surface area (Å²) in [6.45, 7) is 7.02. The summed E-state index contributed by atoms with van der Waals surface area (Å²) in [5.41, 5.74) is 4.81. The van der Waals surface area contributed by atoms with E-state index in [1.54, 1.807) is 18.4 Å². The van der Waals surface area contributed by atoms with Gasteiger partial charge in [-0.05, 0) is 38.0 Å². The van der Waals surface area contributed by atoms with Crippen LogP contribution in [-0.2, 0) is 4.74 Å². The Morgan fingerprint density at radius 3 is 2.79 bits per heavy atom. The fourth-order valence-corrected chi connectivity index (χ4v) is 2.71. The van der Waals surface area contributed by atoms with Crippen molar-refractivity contribution in [1.29, 1.82) is 0 Å². The first-order chi connectivity index (χ1) is 9.10. The number of anilines is 1. The molecule has 0 bridgehead atoms. The fourth-order valence-electron chi connectivity index (χ4n) is 1.88. The fraction of sp³-hybridized carbons (Fsp3) is 0.400. The monoisotopic (exact) mass is 276 g/mol. The van der Waals surface area contributed by atoms with Crippen molar-refractivity contribution in [2.24, 2.45) is 0 Å². The Labute approximate surface area is 118 Å². The van der Waals surface area contributed by atoms with Crippen LogP contribution in [0.2, 0.25) is 0 Å². The number of hydrogen-bond donors (Lipinski definition) is 1. The maximum absolute atomic E-state index is 5.11. The lowest BCUT2D eigenvalue weighted by Gasteiger charge is -2.10. The number of aryl methyl sites for hydroxylation is 2. The minimum Gasteiger partial charge on any atom is -0.383 e. The van der Waals surface area contributed by atoms with Crippen molar-refractivity contribution in [1.82, 2.24) is 4.98 Å². The first kappa shape index (κ1) is 14.0. The minimum atomic E-state index is 0.267. The highest BCUT2D eigenvalue weighted by molar-refractivity contribution is 7.14. The molecule has 19 heavy (non-hydrogen) atoms. The maximum atomic E-state index is 5.11. The average molecular weight is 276 g/mol. The molecule has 3 nitrogen and oxygen atoms in total. The van der Waals surface area contributed by atoms with Gasteiger partial charge in [0.05, 0.1) is 12.3 Å². The molecule has 0 amide bonds. The molecular formula is C15H20N2OS. The largest absolute Gasteiger partial charge is 0.383 e. The van der Waals surface area contributed by atoms with Gasteiger partial charge in [-0.15, -0.1) is 11.3 Å². The standard InChI is InChI=1S/C15H20N2OS/c1-10-5-6-13(7-11(10)2)14-9-19-15(17-14)16-12(3)8-18-4/h5-7,9,12H,8H2,1-4H3,(H,16,17)/t12-/m1/s1. The molecule has 1 aromatic heterocycles. The molecule has 0 aliphatic rings. The molecule has 102 valence electrons. The topological polar surface area (TPSA) is 34.1 Å². The Bertz CT molecular complexity index is 551. The molecule has 1 heterocycles. The molecule has 1 N–H and O–H groups in total. The highest BCUT2D eigenvalue weighted by Crippen LogP contribution is 2.26. The summed E-state index contributed by atoms with van der Waals surface area (Å²) in [5, 5.41) is 6.37. The Hall–Kier alpha value is -1.39. The van der Waals surface area contributed by atoms with Gasteiger partial charge < -0.3 is 10.1 Å². The molecule has 0 spiro atoms. The summed E-state index contributed by atoms with van der Waals surface area (Å²) >= 11 is 1.63. The van der Waals surface area contributed by atoms with Gasteiger partial charge in [-0.2, -0.15) is 0 Å². The first-order valence-corrected chi connectivity index (χ1v) is 7.26. The van der Waals surface area contributed by atoms with Crippen molar-refractivity contribution < 1.29 is 4.74 Å². The van der Waals surface area contributed by atoms with Crippen LogP contribution in [0.4, 0.5) is 5.13 Å². The molecule has 4 heteroatoms. The van der Waals surface area contributed by atoms with Gasteiger partial charge >= 0.3 is 0 Å². The molecule has 1 aromatic carbocycles. The number of thiazole rings is 1. The van der Waals surface area contributed by atoms with E-state index in [0.29, 0.717) is 6.61 Å². The van der Waals surface area contributed by atoms with Gasteiger partial charge in [0.25, 0.3) is 0 Å². The summed E-state index contributed by atoms with van der Waals surface area (Å²) in [7, 11) is 1.71. The van der Waals surface area contributed by atoms with E-state index in [2.05, 4.69) is 54.7 Å². The number of methoxy groups -OCH3 is 1. The molecule has 1 atom stereocenters. The summed E-state index contributed by atoms with van der Waals surface area (Å²) in [6.07, 6.45) is 0. The predicted octanol–water partition coefficient (Wildman–Crippen LogP) is 3.87.